The summed E-state index contributed by atoms with van der Waals surface area (Å²) in [6.45, 7) is 0. The SMILES string of the molecule is F[C@@H]1CCC[C@H]1Nc1ncccn1. The van der Waals surface area contributed by atoms with Crippen LogP contribution in [0.2, 0.25) is 0 Å². The van der Waals surface area contributed by atoms with Gasteiger partial charge in [-0.05, 0) is 25.3 Å². The van der Waals surface area contributed by atoms with Crippen LogP contribution in [0.15, 0.2) is 18.5 Å². The average Bonchev–Trinajstić information content (AvgIpc) is 2.54. The van der Waals surface area contributed by atoms with Crippen molar-refractivity contribution < 1.29 is 4.39 Å². The third-order valence-corrected chi connectivity index (χ3v) is 2.31. The molecule has 2 atom stereocenters. The maximum absolute atomic E-state index is 13.2. The first-order valence-electron chi connectivity index (χ1n) is 4.54. The second-order valence-corrected chi connectivity index (χ2v) is 3.27. The van der Waals surface area contributed by atoms with Gasteiger partial charge in [-0.1, -0.05) is 0 Å². The van der Waals surface area contributed by atoms with Crippen molar-refractivity contribution in [3.05, 3.63) is 18.5 Å². The molecule has 1 heterocycles. The summed E-state index contributed by atoms with van der Waals surface area (Å²) in [4.78, 5) is 7.98. The van der Waals surface area contributed by atoms with Gasteiger partial charge in [0.2, 0.25) is 5.95 Å². The highest BCUT2D eigenvalue weighted by molar-refractivity contribution is 5.25. The lowest BCUT2D eigenvalue weighted by Crippen LogP contribution is -2.25. The third kappa shape index (κ3) is 1.94. The Bertz CT molecular complexity index is 265. The van der Waals surface area contributed by atoms with Crippen LogP contribution in [0.4, 0.5) is 10.3 Å². The number of hydrogen-bond acceptors (Lipinski definition) is 3. The van der Waals surface area contributed by atoms with E-state index in [0.717, 1.165) is 12.8 Å². The number of rotatable bonds is 2. The first-order chi connectivity index (χ1) is 6.36. The molecule has 1 saturated carbocycles. The first kappa shape index (κ1) is 8.41. The molecule has 0 unspecified atom stereocenters. The van der Waals surface area contributed by atoms with Gasteiger partial charge in [0.05, 0.1) is 6.04 Å². The molecule has 13 heavy (non-hydrogen) atoms. The van der Waals surface area contributed by atoms with Crippen molar-refractivity contribution >= 4 is 5.95 Å². The highest BCUT2D eigenvalue weighted by Crippen LogP contribution is 2.23. The second kappa shape index (κ2) is 3.68. The van der Waals surface area contributed by atoms with Crippen LogP contribution >= 0.6 is 0 Å². The molecular weight excluding hydrogens is 169 g/mol. The number of hydrogen-bond donors (Lipinski definition) is 1. The standard InChI is InChI=1S/C9H12FN3/c10-7-3-1-4-8(7)13-9-11-5-2-6-12-9/h2,5-8H,1,3-4H2,(H,11,12,13)/t7-,8-/m1/s1. The number of aromatic nitrogens is 2. The quantitative estimate of drug-likeness (QED) is 0.755. The van der Waals surface area contributed by atoms with Gasteiger partial charge in [0.15, 0.2) is 0 Å². The van der Waals surface area contributed by atoms with Gasteiger partial charge >= 0.3 is 0 Å². The zero-order chi connectivity index (χ0) is 9.10. The van der Waals surface area contributed by atoms with E-state index in [2.05, 4.69) is 15.3 Å². The zero-order valence-corrected chi connectivity index (χ0v) is 7.28. The van der Waals surface area contributed by atoms with E-state index in [9.17, 15) is 4.39 Å². The number of halogens is 1. The van der Waals surface area contributed by atoms with Gasteiger partial charge in [-0.25, -0.2) is 14.4 Å². The molecule has 1 fully saturated rings. The highest BCUT2D eigenvalue weighted by Gasteiger charge is 2.27. The molecule has 70 valence electrons. The molecule has 1 aromatic heterocycles. The Morgan fingerprint density at radius 1 is 1.31 bits per heavy atom. The fraction of sp³-hybridized carbons (Fsp3) is 0.556. The Labute approximate surface area is 76.4 Å². The largest absolute Gasteiger partial charge is 0.349 e. The van der Waals surface area contributed by atoms with Crippen molar-refractivity contribution in [2.75, 3.05) is 5.32 Å². The Morgan fingerprint density at radius 3 is 2.69 bits per heavy atom. The van der Waals surface area contributed by atoms with Gasteiger partial charge in [-0.15, -0.1) is 0 Å². The van der Waals surface area contributed by atoms with E-state index in [4.69, 9.17) is 0 Å². The Kier molecular flexibility index (Phi) is 2.38. The van der Waals surface area contributed by atoms with E-state index in [1.807, 2.05) is 0 Å². The van der Waals surface area contributed by atoms with Crippen LogP contribution in [-0.2, 0) is 0 Å². The van der Waals surface area contributed by atoms with Crippen LogP contribution in [0, 0.1) is 0 Å². The lowest BCUT2D eigenvalue weighted by atomic mass is 10.2. The van der Waals surface area contributed by atoms with Crippen molar-refractivity contribution in [1.82, 2.24) is 9.97 Å². The molecule has 0 radical (unpaired) electrons. The van der Waals surface area contributed by atoms with Crippen molar-refractivity contribution in [3.8, 4) is 0 Å². The third-order valence-electron chi connectivity index (χ3n) is 2.31. The predicted molar refractivity (Wildman–Crippen MR) is 48.2 cm³/mol. The zero-order valence-electron chi connectivity index (χ0n) is 7.28. The van der Waals surface area contributed by atoms with Crippen LogP contribution in [0.5, 0.6) is 0 Å². The van der Waals surface area contributed by atoms with E-state index >= 15 is 0 Å². The fourth-order valence-electron chi connectivity index (χ4n) is 1.62. The van der Waals surface area contributed by atoms with Gasteiger partial charge in [0.25, 0.3) is 0 Å². The van der Waals surface area contributed by atoms with Gasteiger partial charge in [0.1, 0.15) is 6.17 Å². The van der Waals surface area contributed by atoms with E-state index < -0.39 is 6.17 Å². The maximum Gasteiger partial charge on any atom is 0.222 e. The van der Waals surface area contributed by atoms with Crippen molar-refractivity contribution in [3.63, 3.8) is 0 Å². The summed E-state index contributed by atoms with van der Waals surface area (Å²) in [6, 6.07) is 1.65. The first-order valence-corrected chi connectivity index (χ1v) is 4.54. The van der Waals surface area contributed by atoms with Crippen LogP contribution in [0.1, 0.15) is 19.3 Å². The molecule has 4 heteroatoms. The van der Waals surface area contributed by atoms with E-state index in [1.54, 1.807) is 18.5 Å². The summed E-state index contributed by atoms with van der Waals surface area (Å²) in [7, 11) is 0. The summed E-state index contributed by atoms with van der Waals surface area (Å²) >= 11 is 0. The lowest BCUT2D eigenvalue weighted by molar-refractivity contribution is 0.323. The molecule has 1 N–H and O–H groups in total. The Morgan fingerprint density at radius 2 is 2.08 bits per heavy atom. The van der Waals surface area contributed by atoms with Crippen molar-refractivity contribution in [2.45, 2.75) is 31.5 Å². The monoisotopic (exact) mass is 181 g/mol. The maximum atomic E-state index is 13.2. The number of anilines is 1. The minimum Gasteiger partial charge on any atom is -0.349 e. The van der Waals surface area contributed by atoms with Crippen molar-refractivity contribution in [2.24, 2.45) is 0 Å². The van der Waals surface area contributed by atoms with E-state index in [0.29, 0.717) is 12.4 Å². The van der Waals surface area contributed by atoms with Crippen molar-refractivity contribution in [1.29, 1.82) is 0 Å². The molecular formula is C9H12FN3. The topological polar surface area (TPSA) is 37.8 Å². The van der Waals surface area contributed by atoms with E-state index in [1.165, 1.54) is 0 Å². The smallest absolute Gasteiger partial charge is 0.222 e. The molecule has 2 rings (SSSR count). The van der Waals surface area contributed by atoms with Gasteiger partial charge < -0.3 is 5.32 Å². The summed E-state index contributed by atoms with van der Waals surface area (Å²) in [5, 5.41) is 2.99. The Hall–Kier alpha value is -1.19. The molecule has 0 aliphatic heterocycles. The van der Waals surface area contributed by atoms with Gasteiger partial charge in [0, 0.05) is 12.4 Å². The molecule has 1 aromatic rings. The normalized spacial score (nSPS) is 27.5. The lowest BCUT2D eigenvalue weighted by Gasteiger charge is -2.13. The molecule has 0 aromatic carbocycles. The average molecular weight is 181 g/mol. The van der Waals surface area contributed by atoms with Crippen LogP contribution in [-0.4, -0.2) is 22.2 Å². The highest BCUT2D eigenvalue weighted by atomic mass is 19.1. The van der Waals surface area contributed by atoms with Gasteiger partial charge in [-0.2, -0.15) is 0 Å². The number of alkyl halides is 1. The minimum atomic E-state index is -0.746. The Balaban J connectivity index is 1.98. The molecule has 0 bridgehead atoms. The van der Waals surface area contributed by atoms with Crippen LogP contribution in [0.25, 0.3) is 0 Å². The summed E-state index contributed by atoms with van der Waals surface area (Å²) in [6.07, 6.45) is 5.04. The van der Waals surface area contributed by atoms with E-state index in [-0.39, 0.29) is 6.04 Å². The summed E-state index contributed by atoms with van der Waals surface area (Å²) in [5.41, 5.74) is 0. The molecule has 0 amide bonds. The predicted octanol–water partition coefficient (Wildman–Crippen LogP) is 1.78. The van der Waals surface area contributed by atoms with Crippen LogP contribution < -0.4 is 5.32 Å². The minimum absolute atomic E-state index is 0.0950. The van der Waals surface area contributed by atoms with Gasteiger partial charge in [-0.3, -0.25) is 0 Å². The second-order valence-electron chi connectivity index (χ2n) is 3.27. The molecule has 0 saturated heterocycles. The molecule has 1 aliphatic carbocycles. The fourth-order valence-corrected chi connectivity index (χ4v) is 1.62. The summed E-state index contributed by atoms with van der Waals surface area (Å²) in [5.74, 6) is 0.525. The molecule has 1 aliphatic rings. The number of nitrogens with one attached hydrogen (secondary N) is 1. The van der Waals surface area contributed by atoms with Crippen LogP contribution in [0.3, 0.4) is 0 Å². The number of nitrogens with zero attached hydrogens (tertiary/aromatic N) is 2. The summed E-state index contributed by atoms with van der Waals surface area (Å²) < 4.78 is 13.2. The molecule has 3 nitrogen and oxygen atoms in total. The molecule has 0 spiro atoms.